The minimum absolute atomic E-state index is 0.348. The minimum atomic E-state index is -0.835. The molecular weight excluding hydrogens is 207 g/mol. The largest absolute Gasteiger partial charge is 0.382 e. The van der Waals surface area contributed by atoms with E-state index in [1.165, 1.54) is 12.1 Å². The van der Waals surface area contributed by atoms with Gasteiger partial charge in [-0.2, -0.15) is 0 Å². The number of aryl methyl sites for hydroxylation is 1. The van der Waals surface area contributed by atoms with Gasteiger partial charge in [-0.05, 0) is 24.6 Å². The number of hydrogen-bond donors (Lipinski definition) is 1. The van der Waals surface area contributed by atoms with Gasteiger partial charge in [0.05, 0.1) is 18.2 Å². The maximum Gasteiger partial charge on any atom is 0.123 e. The Hall–Kier alpha value is -1.68. The lowest BCUT2D eigenvalue weighted by atomic mass is 10.1. The Morgan fingerprint density at radius 3 is 3.00 bits per heavy atom. The third-order valence-electron chi connectivity index (χ3n) is 2.53. The smallest absolute Gasteiger partial charge is 0.123 e. The van der Waals surface area contributed by atoms with Gasteiger partial charge in [-0.15, -0.1) is 0 Å². The molecule has 2 rings (SSSR count). The highest BCUT2D eigenvalue weighted by Gasteiger charge is 2.14. The first kappa shape index (κ1) is 10.8. The Morgan fingerprint density at radius 1 is 1.50 bits per heavy atom. The molecule has 4 heteroatoms. The molecule has 1 heterocycles. The molecule has 2 aromatic rings. The van der Waals surface area contributed by atoms with Crippen molar-refractivity contribution in [2.75, 3.05) is 0 Å². The van der Waals surface area contributed by atoms with Gasteiger partial charge in [-0.1, -0.05) is 12.1 Å². The Morgan fingerprint density at radius 2 is 2.31 bits per heavy atom. The van der Waals surface area contributed by atoms with E-state index >= 15 is 0 Å². The second-order valence-electron chi connectivity index (χ2n) is 3.56. The van der Waals surface area contributed by atoms with E-state index in [0.717, 1.165) is 6.54 Å². The number of rotatable bonds is 3. The van der Waals surface area contributed by atoms with Crippen LogP contribution in [0.15, 0.2) is 36.8 Å². The maximum atomic E-state index is 13.0. The van der Waals surface area contributed by atoms with Crippen LogP contribution in [0.2, 0.25) is 0 Å². The molecule has 0 radical (unpaired) electrons. The number of hydrogen-bond acceptors (Lipinski definition) is 2. The van der Waals surface area contributed by atoms with Gasteiger partial charge in [-0.25, -0.2) is 9.37 Å². The molecule has 1 N–H and O–H groups in total. The number of benzene rings is 1. The van der Waals surface area contributed by atoms with Gasteiger partial charge in [-0.3, -0.25) is 0 Å². The molecule has 0 amide bonds. The van der Waals surface area contributed by atoms with Gasteiger partial charge in [0.25, 0.3) is 0 Å². The van der Waals surface area contributed by atoms with Crippen LogP contribution in [0.4, 0.5) is 4.39 Å². The number of imidazole rings is 1. The van der Waals surface area contributed by atoms with Crippen LogP contribution in [0.5, 0.6) is 0 Å². The van der Waals surface area contributed by atoms with Crippen molar-refractivity contribution in [3.05, 3.63) is 53.9 Å². The Balaban J connectivity index is 2.35. The molecule has 1 aromatic heterocycles. The van der Waals surface area contributed by atoms with Crippen LogP contribution in [0.1, 0.15) is 24.3 Å². The highest BCUT2D eigenvalue weighted by Crippen LogP contribution is 2.21. The van der Waals surface area contributed by atoms with Crippen LogP contribution in [-0.2, 0) is 6.54 Å². The lowest BCUT2D eigenvalue weighted by Gasteiger charge is -2.12. The van der Waals surface area contributed by atoms with Crippen molar-refractivity contribution in [3.8, 4) is 0 Å². The normalized spacial score (nSPS) is 12.7. The predicted molar refractivity (Wildman–Crippen MR) is 58.4 cm³/mol. The Labute approximate surface area is 93.2 Å². The summed E-state index contributed by atoms with van der Waals surface area (Å²) in [4.78, 5) is 3.97. The van der Waals surface area contributed by atoms with E-state index in [1.54, 1.807) is 24.7 Å². The second kappa shape index (κ2) is 4.45. The lowest BCUT2D eigenvalue weighted by molar-refractivity contribution is 0.209. The first-order chi connectivity index (χ1) is 7.72. The highest BCUT2D eigenvalue weighted by molar-refractivity contribution is 5.25. The molecule has 0 aliphatic rings. The molecule has 1 unspecified atom stereocenters. The van der Waals surface area contributed by atoms with Crippen LogP contribution < -0.4 is 0 Å². The minimum Gasteiger partial charge on any atom is -0.382 e. The average Bonchev–Trinajstić information content (AvgIpc) is 2.76. The third kappa shape index (κ3) is 1.97. The van der Waals surface area contributed by atoms with Crippen LogP contribution in [-0.4, -0.2) is 14.7 Å². The van der Waals surface area contributed by atoms with Crippen molar-refractivity contribution in [2.45, 2.75) is 19.6 Å². The van der Waals surface area contributed by atoms with E-state index in [-0.39, 0.29) is 5.82 Å². The van der Waals surface area contributed by atoms with E-state index in [2.05, 4.69) is 4.98 Å². The summed E-state index contributed by atoms with van der Waals surface area (Å²) < 4.78 is 14.8. The molecular formula is C12H13FN2O. The van der Waals surface area contributed by atoms with E-state index < -0.39 is 6.10 Å². The van der Waals surface area contributed by atoms with Crippen molar-refractivity contribution >= 4 is 0 Å². The molecule has 0 aliphatic heterocycles. The molecule has 0 bridgehead atoms. The van der Waals surface area contributed by atoms with Crippen molar-refractivity contribution < 1.29 is 9.50 Å². The highest BCUT2D eigenvalue weighted by atomic mass is 19.1. The molecule has 3 nitrogen and oxygen atoms in total. The van der Waals surface area contributed by atoms with E-state index in [4.69, 9.17) is 0 Å². The van der Waals surface area contributed by atoms with Gasteiger partial charge < -0.3 is 9.67 Å². The summed E-state index contributed by atoms with van der Waals surface area (Å²) in [5.41, 5.74) is 1.21. The zero-order valence-corrected chi connectivity index (χ0v) is 8.97. The zero-order chi connectivity index (χ0) is 11.5. The molecule has 0 spiro atoms. The zero-order valence-electron chi connectivity index (χ0n) is 8.97. The summed E-state index contributed by atoms with van der Waals surface area (Å²) in [5.74, 6) is -0.348. The number of aliphatic hydroxyl groups is 1. The molecule has 0 saturated carbocycles. The standard InChI is InChI=1S/C12H13FN2O/c1-2-15-8-14-7-11(15)12(16)9-4-3-5-10(13)6-9/h3-8,12,16H,2H2,1H3. The fourth-order valence-corrected chi connectivity index (χ4v) is 1.67. The molecule has 1 aromatic carbocycles. The second-order valence-corrected chi connectivity index (χ2v) is 3.56. The Kier molecular flexibility index (Phi) is 3.01. The summed E-state index contributed by atoms with van der Waals surface area (Å²) in [6, 6.07) is 5.96. The van der Waals surface area contributed by atoms with Crippen LogP contribution >= 0.6 is 0 Å². The predicted octanol–water partition coefficient (Wildman–Crippen LogP) is 2.12. The number of aromatic nitrogens is 2. The molecule has 16 heavy (non-hydrogen) atoms. The Bertz CT molecular complexity index is 481. The summed E-state index contributed by atoms with van der Waals surface area (Å²) in [7, 11) is 0. The SMILES string of the molecule is CCn1cncc1C(O)c1cccc(F)c1. The van der Waals surface area contributed by atoms with E-state index in [9.17, 15) is 9.50 Å². The molecule has 0 saturated heterocycles. The average molecular weight is 220 g/mol. The summed E-state index contributed by atoms with van der Waals surface area (Å²) in [6.07, 6.45) is 2.41. The number of aliphatic hydroxyl groups excluding tert-OH is 1. The van der Waals surface area contributed by atoms with Gasteiger partial charge in [0.2, 0.25) is 0 Å². The summed E-state index contributed by atoms with van der Waals surface area (Å²) in [6.45, 7) is 2.69. The van der Waals surface area contributed by atoms with Crippen LogP contribution in [0, 0.1) is 5.82 Å². The first-order valence-corrected chi connectivity index (χ1v) is 5.16. The topological polar surface area (TPSA) is 38.0 Å². The van der Waals surface area contributed by atoms with Gasteiger partial charge in [0, 0.05) is 6.54 Å². The first-order valence-electron chi connectivity index (χ1n) is 5.16. The van der Waals surface area contributed by atoms with Crippen molar-refractivity contribution in [3.63, 3.8) is 0 Å². The summed E-state index contributed by atoms with van der Waals surface area (Å²) in [5, 5.41) is 10.1. The van der Waals surface area contributed by atoms with Crippen LogP contribution in [0.25, 0.3) is 0 Å². The van der Waals surface area contributed by atoms with Gasteiger partial charge >= 0.3 is 0 Å². The lowest BCUT2D eigenvalue weighted by Crippen LogP contribution is -2.07. The molecule has 0 fully saturated rings. The van der Waals surface area contributed by atoms with E-state index in [1.807, 2.05) is 11.5 Å². The van der Waals surface area contributed by atoms with Crippen molar-refractivity contribution in [1.29, 1.82) is 0 Å². The summed E-state index contributed by atoms with van der Waals surface area (Å²) >= 11 is 0. The van der Waals surface area contributed by atoms with Crippen molar-refractivity contribution in [2.24, 2.45) is 0 Å². The monoisotopic (exact) mass is 220 g/mol. The van der Waals surface area contributed by atoms with Gasteiger partial charge in [0.1, 0.15) is 11.9 Å². The molecule has 0 aliphatic carbocycles. The van der Waals surface area contributed by atoms with Crippen LogP contribution in [0.3, 0.4) is 0 Å². The third-order valence-corrected chi connectivity index (χ3v) is 2.53. The molecule has 1 atom stereocenters. The quantitative estimate of drug-likeness (QED) is 0.860. The number of halogens is 1. The van der Waals surface area contributed by atoms with Crippen molar-refractivity contribution in [1.82, 2.24) is 9.55 Å². The maximum absolute atomic E-state index is 13.0. The van der Waals surface area contributed by atoms with Gasteiger partial charge in [0.15, 0.2) is 0 Å². The number of nitrogens with zero attached hydrogens (tertiary/aromatic N) is 2. The fraction of sp³-hybridized carbons (Fsp3) is 0.250. The fourth-order valence-electron chi connectivity index (χ4n) is 1.67. The van der Waals surface area contributed by atoms with E-state index in [0.29, 0.717) is 11.3 Å². The molecule has 84 valence electrons.